The standard InChI is InChI=1S/C39H74N2O12/c1-16-28-39(10,46)33(43)25(7)41(13)19-20(2)18-38(9,45)34(53-37-32(48-15)27(40(11)12)17-21(3)49-37)22(4)30(23(5)35(44)51-28)52-36-24(6)31(47-14)29(42)26(8)50-36/h20-34,36-37,42-43,45-46H,16-19H2,1-15H3. The Bertz CT molecular complexity index is 1140. The number of aliphatic hydroxyl groups excluding tert-OH is 2. The number of rotatable bonds is 8. The molecule has 14 nitrogen and oxygen atoms in total. The summed E-state index contributed by atoms with van der Waals surface area (Å²) in [7, 11) is 8.98. The van der Waals surface area contributed by atoms with Crippen molar-refractivity contribution in [2.24, 2.45) is 23.7 Å². The third kappa shape index (κ3) is 10.5. The molecule has 0 amide bonds. The van der Waals surface area contributed by atoms with Crippen molar-refractivity contribution in [2.45, 2.75) is 179 Å². The highest BCUT2D eigenvalue weighted by Crippen LogP contribution is 2.40. The van der Waals surface area contributed by atoms with Gasteiger partial charge >= 0.3 is 5.97 Å². The number of methoxy groups -OCH3 is 2. The first-order valence-electron chi connectivity index (χ1n) is 19.6. The lowest BCUT2D eigenvalue weighted by atomic mass is 9.77. The highest BCUT2D eigenvalue weighted by molar-refractivity contribution is 5.73. The van der Waals surface area contributed by atoms with Crippen LogP contribution in [0, 0.1) is 23.7 Å². The van der Waals surface area contributed by atoms with Gasteiger partial charge in [0.05, 0.1) is 42.0 Å². The van der Waals surface area contributed by atoms with E-state index in [1.807, 2.05) is 60.7 Å². The Morgan fingerprint density at radius 2 is 1.49 bits per heavy atom. The molecule has 3 rings (SSSR count). The molecule has 14 heteroatoms. The number of nitrogens with zero attached hydrogens (tertiary/aromatic N) is 2. The van der Waals surface area contributed by atoms with Gasteiger partial charge in [-0.2, -0.15) is 0 Å². The average Bonchev–Trinajstić information content (AvgIpc) is 3.08. The van der Waals surface area contributed by atoms with Crippen molar-refractivity contribution in [3.05, 3.63) is 0 Å². The molecule has 0 aliphatic carbocycles. The molecular formula is C39H74N2O12. The fourth-order valence-corrected chi connectivity index (χ4v) is 9.03. The van der Waals surface area contributed by atoms with Crippen LogP contribution in [0.2, 0.25) is 0 Å². The molecule has 4 N–H and O–H groups in total. The van der Waals surface area contributed by atoms with Gasteiger partial charge in [0, 0.05) is 44.7 Å². The number of ether oxygens (including phenoxy) is 7. The predicted molar refractivity (Wildman–Crippen MR) is 199 cm³/mol. The molecule has 312 valence electrons. The molecule has 0 saturated carbocycles. The van der Waals surface area contributed by atoms with Crippen LogP contribution in [0.3, 0.4) is 0 Å². The lowest BCUT2D eigenvalue weighted by Gasteiger charge is -2.49. The van der Waals surface area contributed by atoms with Gasteiger partial charge in [0.1, 0.15) is 30.0 Å². The van der Waals surface area contributed by atoms with Gasteiger partial charge in [0.25, 0.3) is 0 Å². The molecule has 3 heterocycles. The van der Waals surface area contributed by atoms with Crippen LogP contribution in [0.25, 0.3) is 0 Å². The summed E-state index contributed by atoms with van der Waals surface area (Å²) in [5, 5.41) is 46.8. The second-order valence-corrected chi connectivity index (χ2v) is 17.2. The van der Waals surface area contributed by atoms with Crippen LogP contribution in [-0.4, -0.2) is 169 Å². The van der Waals surface area contributed by atoms with Crippen LogP contribution in [0.4, 0.5) is 0 Å². The number of hydrogen-bond acceptors (Lipinski definition) is 14. The van der Waals surface area contributed by atoms with Gasteiger partial charge in [-0.05, 0) is 87.9 Å². The Hall–Kier alpha value is -1.01. The highest BCUT2D eigenvalue weighted by atomic mass is 16.7. The minimum absolute atomic E-state index is 0.0353. The first kappa shape index (κ1) is 46.4. The Morgan fingerprint density at radius 3 is 2.04 bits per heavy atom. The van der Waals surface area contributed by atoms with Gasteiger partial charge in [-0.1, -0.05) is 27.7 Å². The number of cyclic esters (lactones) is 1. The normalized spacial score (nSPS) is 48.9. The fourth-order valence-electron chi connectivity index (χ4n) is 9.03. The summed E-state index contributed by atoms with van der Waals surface area (Å²) in [5.74, 6) is -2.89. The SMILES string of the molecule is CCC1OC(=O)C(C)C(OC2OC(C)C(O)C(OC)C2C)C(C)C(OC2OC(C)CC(N(C)C)C2OC)C(C)(O)CC(C)CN(C)C(C)C(O)C1(C)O. The van der Waals surface area contributed by atoms with E-state index in [0.29, 0.717) is 13.0 Å². The van der Waals surface area contributed by atoms with Crippen molar-refractivity contribution in [1.82, 2.24) is 9.80 Å². The quantitative estimate of drug-likeness (QED) is 0.266. The van der Waals surface area contributed by atoms with E-state index in [4.69, 9.17) is 33.2 Å². The average molecular weight is 763 g/mol. The lowest BCUT2D eigenvalue weighted by Crippen LogP contribution is -2.60. The molecule has 3 saturated heterocycles. The number of carbonyl (C=O) groups is 1. The molecule has 0 bridgehead atoms. The van der Waals surface area contributed by atoms with Gasteiger partial charge in [0.2, 0.25) is 0 Å². The van der Waals surface area contributed by atoms with Gasteiger partial charge in [-0.3, -0.25) is 4.79 Å². The van der Waals surface area contributed by atoms with E-state index in [1.54, 1.807) is 34.8 Å². The maximum Gasteiger partial charge on any atom is 0.311 e. The van der Waals surface area contributed by atoms with Crippen molar-refractivity contribution in [1.29, 1.82) is 0 Å². The zero-order valence-corrected chi connectivity index (χ0v) is 35.1. The zero-order valence-electron chi connectivity index (χ0n) is 35.1. The minimum Gasteiger partial charge on any atom is -0.459 e. The topological polar surface area (TPSA) is 169 Å². The van der Waals surface area contributed by atoms with Crippen molar-refractivity contribution < 1.29 is 58.4 Å². The minimum atomic E-state index is -1.79. The first-order valence-corrected chi connectivity index (χ1v) is 19.6. The summed E-state index contributed by atoms with van der Waals surface area (Å²) in [6.07, 6.45) is -7.62. The summed E-state index contributed by atoms with van der Waals surface area (Å²) in [6, 6.07) is -0.555. The van der Waals surface area contributed by atoms with Crippen molar-refractivity contribution in [3.8, 4) is 0 Å². The predicted octanol–water partition coefficient (Wildman–Crippen LogP) is 2.41. The van der Waals surface area contributed by atoms with Crippen LogP contribution in [-0.2, 0) is 38.0 Å². The van der Waals surface area contributed by atoms with E-state index < -0.39 is 102 Å². The number of hydrogen-bond donors (Lipinski definition) is 4. The monoisotopic (exact) mass is 763 g/mol. The Balaban J connectivity index is 2.20. The number of likely N-dealkylation sites (N-methyl/N-ethyl adjacent to an activating group) is 2. The fraction of sp³-hybridized carbons (Fsp3) is 0.974. The van der Waals surface area contributed by atoms with Crippen molar-refractivity contribution in [2.75, 3.05) is 41.9 Å². The maximum absolute atomic E-state index is 14.3. The molecule has 3 aliphatic heterocycles. The van der Waals surface area contributed by atoms with E-state index in [2.05, 4.69) is 4.90 Å². The molecule has 3 aliphatic rings. The highest BCUT2D eigenvalue weighted by Gasteiger charge is 2.52. The Labute approximate surface area is 318 Å². The molecular weight excluding hydrogens is 688 g/mol. The summed E-state index contributed by atoms with van der Waals surface area (Å²) >= 11 is 0. The number of aliphatic hydroxyl groups is 4. The molecule has 0 spiro atoms. The Morgan fingerprint density at radius 1 is 0.887 bits per heavy atom. The molecule has 53 heavy (non-hydrogen) atoms. The van der Waals surface area contributed by atoms with E-state index in [9.17, 15) is 25.2 Å². The van der Waals surface area contributed by atoms with E-state index in [1.165, 1.54) is 14.0 Å². The Kier molecular flexibility index (Phi) is 16.6. The largest absolute Gasteiger partial charge is 0.459 e. The summed E-state index contributed by atoms with van der Waals surface area (Å²) in [4.78, 5) is 18.3. The molecule has 19 atom stereocenters. The molecule has 19 unspecified atom stereocenters. The molecule has 0 radical (unpaired) electrons. The second-order valence-electron chi connectivity index (χ2n) is 17.2. The maximum atomic E-state index is 14.3. The summed E-state index contributed by atoms with van der Waals surface area (Å²) in [6.45, 7) is 18.5. The van der Waals surface area contributed by atoms with Crippen LogP contribution < -0.4 is 0 Å². The van der Waals surface area contributed by atoms with E-state index in [0.717, 1.165) is 0 Å². The molecule has 0 aromatic carbocycles. The van der Waals surface area contributed by atoms with Gasteiger partial charge in [-0.15, -0.1) is 0 Å². The van der Waals surface area contributed by atoms with Crippen molar-refractivity contribution in [3.63, 3.8) is 0 Å². The van der Waals surface area contributed by atoms with Gasteiger partial charge < -0.3 is 63.4 Å². The second kappa shape index (κ2) is 19.0. The number of esters is 1. The van der Waals surface area contributed by atoms with Crippen LogP contribution in [0.5, 0.6) is 0 Å². The van der Waals surface area contributed by atoms with Crippen LogP contribution in [0.15, 0.2) is 0 Å². The third-order valence-corrected chi connectivity index (χ3v) is 12.3. The molecule has 0 aromatic heterocycles. The van der Waals surface area contributed by atoms with Gasteiger partial charge in [-0.25, -0.2) is 0 Å². The smallest absolute Gasteiger partial charge is 0.311 e. The molecule has 3 fully saturated rings. The van der Waals surface area contributed by atoms with Gasteiger partial charge in [0.15, 0.2) is 12.6 Å². The summed E-state index contributed by atoms with van der Waals surface area (Å²) in [5.41, 5.74) is -3.29. The lowest BCUT2D eigenvalue weighted by molar-refractivity contribution is -0.321. The van der Waals surface area contributed by atoms with Crippen LogP contribution >= 0.6 is 0 Å². The summed E-state index contributed by atoms with van der Waals surface area (Å²) < 4.78 is 44.2. The molecule has 0 aromatic rings. The number of carbonyl (C=O) groups excluding carboxylic acids is 1. The van der Waals surface area contributed by atoms with Crippen molar-refractivity contribution >= 4 is 5.97 Å². The van der Waals surface area contributed by atoms with E-state index >= 15 is 0 Å². The zero-order chi connectivity index (χ0) is 40.3. The van der Waals surface area contributed by atoms with Crippen LogP contribution in [0.1, 0.15) is 88.5 Å². The third-order valence-electron chi connectivity index (χ3n) is 12.3. The first-order chi connectivity index (χ1) is 24.5. The van der Waals surface area contributed by atoms with E-state index in [-0.39, 0.29) is 30.9 Å².